The van der Waals surface area contributed by atoms with Crippen LogP contribution in [0.25, 0.3) is 22.4 Å². The molecule has 0 aliphatic carbocycles. The number of aliphatic carboxylic acids is 1. The minimum atomic E-state index is -3.50. The van der Waals surface area contributed by atoms with Gasteiger partial charge in [0.05, 0.1) is 26.6 Å². The first-order valence-electron chi connectivity index (χ1n) is 14.5. The molecule has 0 fully saturated rings. The molecular weight excluding hydrogens is 644 g/mol. The molecular formula is C35H31ClN2O6S2. The first-order valence-corrected chi connectivity index (χ1v) is 17.4. The van der Waals surface area contributed by atoms with Gasteiger partial charge in [-0.05, 0) is 96.6 Å². The van der Waals surface area contributed by atoms with Gasteiger partial charge in [-0.15, -0.1) is 11.3 Å². The highest BCUT2D eigenvalue weighted by Crippen LogP contribution is 2.29. The van der Waals surface area contributed by atoms with Crippen molar-refractivity contribution in [1.29, 1.82) is 0 Å². The van der Waals surface area contributed by atoms with E-state index in [4.69, 9.17) is 26.4 Å². The average molecular weight is 675 g/mol. The number of aromatic nitrogens is 1. The number of rotatable bonds is 13. The summed E-state index contributed by atoms with van der Waals surface area (Å²) in [4.78, 5) is 29.5. The van der Waals surface area contributed by atoms with Crippen LogP contribution < -0.4 is 10.1 Å². The number of carbonyl (C=O) groups is 2. The number of sulfone groups is 1. The number of thiazole rings is 1. The van der Waals surface area contributed by atoms with Gasteiger partial charge < -0.3 is 15.2 Å². The standard InChI is InChI=1S/C35H31ClN2O6S2/c1-2-25-8-4-10-31-34(25)38-32(45-31)18-12-23-6-3-9-26(20-23)35(41)37-29-21-24(11-17-30(29)44-22-33(39)40)7-5-19-46(42,43)28-15-13-27(36)14-16-28/h3-4,6,8-18,20-21H,2,5,7,19,22H2,1H3,(H,37,41)(H,39,40). The summed E-state index contributed by atoms with van der Waals surface area (Å²) in [5.41, 5.74) is 4.44. The summed E-state index contributed by atoms with van der Waals surface area (Å²) in [7, 11) is -3.50. The number of fused-ring (bicyclic) bond motifs is 1. The molecule has 1 aromatic heterocycles. The fourth-order valence-electron chi connectivity index (χ4n) is 4.85. The number of amides is 1. The first-order chi connectivity index (χ1) is 22.1. The predicted octanol–water partition coefficient (Wildman–Crippen LogP) is 7.80. The summed E-state index contributed by atoms with van der Waals surface area (Å²) in [6.07, 6.45) is 5.46. The molecule has 0 saturated carbocycles. The Kier molecular flexibility index (Phi) is 10.5. The molecule has 2 N–H and O–H groups in total. The van der Waals surface area contributed by atoms with Crippen LogP contribution in [0, 0.1) is 0 Å². The number of nitrogens with one attached hydrogen (secondary N) is 1. The van der Waals surface area contributed by atoms with E-state index in [0.717, 1.165) is 32.8 Å². The zero-order chi connectivity index (χ0) is 32.7. The second-order valence-electron chi connectivity index (χ2n) is 10.5. The molecule has 0 spiro atoms. The van der Waals surface area contributed by atoms with Crippen LogP contribution >= 0.6 is 22.9 Å². The normalized spacial score (nSPS) is 11.6. The summed E-state index contributed by atoms with van der Waals surface area (Å²) in [6.45, 7) is 1.52. The maximum atomic E-state index is 13.4. The molecule has 1 heterocycles. The molecule has 0 bridgehead atoms. The molecule has 46 heavy (non-hydrogen) atoms. The van der Waals surface area contributed by atoms with E-state index in [9.17, 15) is 18.0 Å². The third-order valence-electron chi connectivity index (χ3n) is 7.16. The molecule has 11 heteroatoms. The molecule has 0 atom stereocenters. The maximum Gasteiger partial charge on any atom is 0.341 e. The monoisotopic (exact) mass is 674 g/mol. The van der Waals surface area contributed by atoms with Gasteiger partial charge in [0.25, 0.3) is 5.91 Å². The van der Waals surface area contributed by atoms with E-state index < -0.39 is 28.3 Å². The zero-order valence-corrected chi connectivity index (χ0v) is 27.3. The zero-order valence-electron chi connectivity index (χ0n) is 24.9. The lowest BCUT2D eigenvalue weighted by Gasteiger charge is -2.14. The van der Waals surface area contributed by atoms with Crippen LogP contribution in [0.4, 0.5) is 5.69 Å². The maximum absolute atomic E-state index is 13.4. The number of halogens is 1. The lowest BCUT2D eigenvalue weighted by Crippen LogP contribution is -2.15. The van der Waals surface area contributed by atoms with Gasteiger partial charge in [-0.25, -0.2) is 18.2 Å². The second kappa shape index (κ2) is 14.7. The van der Waals surface area contributed by atoms with Crippen LogP contribution in [-0.4, -0.2) is 42.7 Å². The minimum Gasteiger partial charge on any atom is -0.480 e. The van der Waals surface area contributed by atoms with Crippen molar-refractivity contribution in [3.63, 3.8) is 0 Å². The number of nitrogens with zero attached hydrogens (tertiary/aromatic N) is 1. The van der Waals surface area contributed by atoms with E-state index in [-0.39, 0.29) is 22.1 Å². The van der Waals surface area contributed by atoms with E-state index in [2.05, 4.69) is 24.4 Å². The highest BCUT2D eigenvalue weighted by molar-refractivity contribution is 7.91. The Morgan fingerprint density at radius 2 is 1.78 bits per heavy atom. The Hall–Kier alpha value is -4.51. The van der Waals surface area contributed by atoms with Gasteiger partial charge in [-0.3, -0.25) is 4.79 Å². The molecule has 0 unspecified atom stereocenters. The lowest BCUT2D eigenvalue weighted by molar-refractivity contribution is -0.139. The summed E-state index contributed by atoms with van der Waals surface area (Å²) in [6, 6.07) is 24.3. The third-order valence-corrected chi connectivity index (χ3v) is 10.2. The Balaban J connectivity index is 1.30. The first kappa shape index (κ1) is 32.9. The van der Waals surface area contributed by atoms with Crippen LogP contribution in [-0.2, 0) is 27.5 Å². The van der Waals surface area contributed by atoms with Gasteiger partial charge in [0.15, 0.2) is 16.4 Å². The number of ether oxygens (including phenoxy) is 1. The Morgan fingerprint density at radius 1 is 1.00 bits per heavy atom. The van der Waals surface area contributed by atoms with Crippen molar-refractivity contribution in [3.05, 3.63) is 117 Å². The molecule has 4 aromatic carbocycles. The van der Waals surface area contributed by atoms with Crippen molar-refractivity contribution < 1.29 is 27.9 Å². The molecule has 1 amide bonds. The minimum absolute atomic E-state index is 0.0787. The number of anilines is 1. The topological polar surface area (TPSA) is 123 Å². The number of aryl methyl sites for hydroxylation is 2. The molecule has 236 valence electrons. The third kappa shape index (κ3) is 8.39. The van der Waals surface area contributed by atoms with Crippen LogP contribution in [0.15, 0.2) is 89.8 Å². The van der Waals surface area contributed by atoms with Crippen LogP contribution in [0.2, 0.25) is 5.02 Å². The summed E-state index contributed by atoms with van der Waals surface area (Å²) < 4.78 is 32.0. The summed E-state index contributed by atoms with van der Waals surface area (Å²) >= 11 is 7.49. The molecule has 0 radical (unpaired) electrons. The number of para-hydroxylation sites is 1. The number of benzene rings is 4. The Labute approximate surface area is 276 Å². The molecule has 5 rings (SSSR count). The Bertz CT molecular complexity index is 2020. The second-order valence-corrected chi connectivity index (χ2v) is 14.1. The SMILES string of the molecule is CCc1cccc2sc(C=Cc3cccc(C(=O)Nc4cc(CCCS(=O)(=O)c5ccc(Cl)cc5)ccc4OCC(=O)O)c3)nc12. The van der Waals surface area contributed by atoms with Gasteiger partial charge in [-0.2, -0.15) is 0 Å². The van der Waals surface area contributed by atoms with Gasteiger partial charge in [-0.1, -0.05) is 54.9 Å². The molecule has 5 aromatic rings. The number of hydrogen-bond acceptors (Lipinski definition) is 7. The van der Waals surface area contributed by atoms with Crippen LogP contribution in [0.5, 0.6) is 5.75 Å². The predicted molar refractivity (Wildman–Crippen MR) is 184 cm³/mol. The Morgan fingerprint density at radius 3 is 2.54 bits per heavy atom. The molecule has 0 saturated heterocycles. The smallest absolute Gasteiger partial charge is 0.341 e. The van der Waals surface area contributed by atoms with E-state index in [0.29, 0.717) is 23.4 Å². The highest BCUT2D eigenvalue weighted by atomic mass is 35.5. The van der Waals surface area contributed by atoms with Crippen molar-refractivity contribution >= 4 is 72.7 Å². The fraction of sp³-hybridized carbons (Fsp3) is 0.171. The van der Waals surface area contributed by atoms with Gasteiger partial charge in [0.2, 0.25) is 0 Å². The molecule has 0 aliphatic heterocycles. The highest BCUT2D eigenvalue weighted by Gasteiger charge is 2.16. The van der Waals surface area contributed by atoms with Gasteiger partial charge in [0, 0.05) is 10.6 Å². The van der Waals surface area contributed by atoms with E-state index in [1.54, 1.807) is 47.7 Å². The van der Waals surface area contributed by atoms with Crippen molar-refractivity contribution in [3.8, 4) is 5.75 Å². The van der Waals surface area contributed by atoms with E-state index in [1.807, 2.05) is 24.3 Å². The van der Waals surface area contributed by atoms with Crippen LogP contribution in [0.3, 0.4) is 0 Å². The summed E-state index contributed by atoms with van der Waals surface area (Å²) in [5.74, 6) is -1.46. The molecule has 8 nitrogen and oxygen atoms in total. The largest absolute Gasteiger partial charge is 0.480 e. The lowest BCUT2D eigenvalue weighted by atomic mass is 10.1. The number of carbonyl (C=O) groups excluding carboxylic acids is 1. The number of carboxylic acid groups (broad SMARTS) is 1. The van der Waals surface area contributed by atoms with E-state index in [1.165, 1.54) is 29.8 Å². The van der Waals surface area contributed by atoms with Crippen molar-refractivity contribution in [1.82, 2.24) is 4.98 Å². The van der Waals surface area contributed by atoms with Gasteiger partial charge >= 0.3 is 5.97 Å². The van der Waals surface area contributed by atoms with Crippen molar-refractivity contribution in [2.45, 2.75) is 31.1 Å². The quantitative estimate of drug-likeness (QED) is 0.131. The summed E-state index contributed by atoms with van der Waals surface area (Å²) in [5, 5.41) is 13.3. The van der Waals surface area contributed by atoms with Gasteiger partial charge in [0.1, 0.15) is 10.8 Å². The number of hydrogen-bond donors (Lipinski definition) is 2. The molecule has 0 aliphatic rings. The van der Waals surface area contributed by atoms with E-state index >= 15 is 0 Å². The average Bonchev–Trinajstić information content (AvgIpc) is 3.47. The van der Waals surface area contributed by atoms with Crippen LogP contribution in [0.1, 0.15) is 45.4 Å². The number of carboxylic acids is 1. The van der Waals surface area contributed by atoms with Crippen molar-refractivity contribution in [2.24, 2.45) is 0 Å². The van der Waals surface area contributed by atoms with Crippen molar-refractivity contribution in [2.75, 3.05) is 17.7 Å². The fourth-order valence-corrected chi connectivity index (χ4v) is 7.20.